The van der Waals surface area contributed by atoms with E-state index in [0.29, 0.717) is 6.61 Å². The van der Waals surface area contributed by atoms with E-state index in [9.17, 15) is 4.79 Å². The van der Waals surface area contributed by atoms with Gasteiger partial charge in [0.25, 0.3) is 0 Å². The summed E-state index contributed by atoms with van der Waals surface area (Å²) in [6.45, 7) is 2.64. The summed E-state index contributed by atoms with van der Waals surface area (Å²) in [5, 5.41) is 0. The Kier molecular flexibility index (Phi) is 6.23. The molecular weight excluding hydrogens is 184 g/mol. The third-order valence-corrected chi connectivity index (χ3v) is 1.76. The van der Waals surface area contributed by atoms with E-state index in [4.69, 9.17) is 9.47 Å². The van der Waals surface area contributed by atoms with Gasteiger partial charge in [-0.05, 0) is 21.0 Å². The van der Waals surface area contributed by atoms with Gasteiger partial charge in [-0.15, -0.1) is 0 Å². The molecule has 0 aromatic heterocycles. The van der Waals surface area contributed by atoms with Crippen molar-refractivity contribution >= 4 is 6.09 Å². The molecule has 1 atom stereocenters. The van der Waals surface area contributed by atoms with Gasteiger partial charge in [-0.3, -0.25) is 4.90 Å². The highest BCUT2D eigenvalue weighted by atomic mass is 16.6. The molecule has 84 valence electrons. The van der Waals surface area contributed by atoms with Gasteiger partial charge in [0.05, 0.1) is 6.61 Å². The third-order valence-electron chi connectivity index (χ3n) is 1.76. The molecule has 1 unspecified atom stereocenters. The summed E-state index contributed by atoms with van der Waals surface area (Å²) in [6.07, 6.45) is -0.306. The molecule has 1 amide bonds. The Labute approximate surface area is 85.6 Å². The minimum Gasteiger partial charge on any atom is -0.447 e. The minimum absolute atomic E-state index is 0.0352. The molecule has 0 N–H and O–H groups in total. The van der Waals surface area contributed by atoms with Crippen molar-refractivity contribution in [3.05, 3.63) is 0 Å². The lowest BCUT2D eigenvalue weighted by molar-refractivity contribution is -0.0395. The lowest BCUT2D eigenvalue weighted by Gasteiger charge is -2.20. The summed E-state index contributed by atoms with van der Waals surface area (Å²) in [6, 6.07) is 0. The van der Waals surface area contributed by atoms with E-state index >= 15 is 0 Å². The average molecular weight is 204 g/mol. The number of amides is 1. The van der Waals surface area contributed by atoms with Crippen molar-refractivity contribution in [1.82, 2.24) is 9.80 Å². The molecular formula is C9H20N2O3. The van der Waals surface area contributed by atoms with Crippen LogP contribution in [0.3, 0.4) is 0 Å². The Balaban J connectivity index is 3.43. The Morgan fingerprint density at radius 1 is 1.21 bits per heavy atom. The largest absolute Gasteiger partial charge is 0.447 e. The highest BCUT2D eigenvalue weighted by Crippen LogP contribution is 1.94. The molecule has 0 aromatic carbocycles. The standard InChI is InChI=1S/C9H20N2O3/c1-8(10(2)3)13-6-7-14-9(12)11(4)5/h8H,6-7H2,1-5H3. The van der Waals surface area contributed by atoms with Crippen LogP contribution in [0.25, 0.3) is 0 Å². The molecule has 0 bridgehead atoms. The molecule has 0 aromatic rings. The van der Waals surface area contributed by atoms with Gasteiger partial charge in [0.2, 0.25) is 0 Å². The maximum absolute atomic E-state index is 11.0. The van der Waals surface area contributed by atoms with Crippen LogP contribution in [0.2, 0.25) is 0 Å². The van der Waals surface area contributed by atoms with Crippen LogP contribution in [0.15, 0.2) is 0 Å². The molecule has 5 nitrogen and oxygen atoms in total. The fourth-order valence-electron chi connectivity index (χ4n) is 0.626. The first kappa shape index (κ1) is 13.2. The number of hydrogen-bond donors (Lipinski definition) is 0. The van der Waals surface area contributed by atoms with Gasteiger partial charge in [-0.25, -0.2) is 4.79 Å². The van der Waals surface area contributed by atoms with E-state index in [2.05, 4.69) is 0 Å². The lowest BCUT2D eigenvalue weighted by Crippen LogP contribution is -2.30. The molecule has 0 aliphatic heterocycles. The third kappa shape index (κ3) is 5.77. The van der Waals surface area contributed by atoms with E-state index in [1.807, 2.05) is 25.9 Å². The van der Waals surface area contributed by atoms with Crippen LogP contribution < -0.4 is 0 Å². The minimum atomic E-state index is -0.342. The molecule has 0 radical (unpaired) electrons. The van der Waals surface area contributed by atoms with Crippen LogP contribution in [-0.4, -0.2) is 63.5 Å². The first-order valence-electron chi connectivity index (χ1n) is 4.57. The van der Waals surface area contributed by atoms with Crippen LogP contribution >= 0.6 is 0 Å². The maximum atomic E-state index is 11.0. The van der Waals surface area contributed by atoms with E-state index in [1.54, 1.807) is 14.1 Å². The Bertz CT molecular complexity index is 171. The molecule has 0 heterocycles. The van der Waals surface area contributed by atoms with E-state index in [1.165, 1.54) is 4.90 Å². The smallest absolute Gasteiger partial charge is 0.409 e. The SMILES string of the molecule is CC(OCCOC(=O)N(C)C)N(C)C. The van der Waals surface area contributed by atoms with Crippen molar-refractivity contribution in [2.75, 3.05) is 41.4 Å². The predicted octanol–water partition coefficient (Wildman–Crippen LogP) is 0.609. The molecule has 0 fully saturated rings. The highest BCUT2D eigenvalue weighted by molar-refractivity contribution is 5.66. The quantitative estimate of drug-likeness (QED) is 0.486. The zero-order chi connectivity index (χ0) is 11.1. The lowest BCUT2D eigenvalue weighted by atomic mass is 10.6. The zero-order valence-electron chi connectivity index (χ0n) is 9.61. The van der Waals surface area contributed by atoms with Gasteiger partial charge in [0.1, 0.15) is 12.8 Å². The number of nitrogens with zero attached hydrogens (tertiary/aromatic N) is 2. The number of hydrogen-bond acceptors (Lipinski definition) is 4. The summed E-state index contributed by atoms with van der Waals surface area (Å²) in [4.78, 5) is 14.3. The van der Waals surface area contributed by atoms with Crippen molar-refractivity contribution in [2.45, 2.75) is 13.2 Å². The van der Waals surface area contributed by atoms with Crippen LogP contribution in [0.5, 0.6) is 0 Å². The number of carbonyl (C=O) groups is 1. The predicted molar refractivity (Wildman–Crippen MR) is 54.1 cm³/mol. The molecule has 0 aliphatic carbocycles. The van der Waals surface area contributed by atoms with Crippen molar-refractivity contribution < 1.29 is 14.3 Å². The van der Waals surface area contributed by atoms with E-state index in [-0.39, 0.29) is 18.9 Å². The van der Waals surface area contributed by atoms with Crippen LogP contribution in [0.4, 0.5) is 4.79 Å². The topological polar surface area (TPSA) is 42.0 Å². The summed E-state index contributed by atoms with van der Waals surface area (Å²) in [7, 11) is 7.14. The van der Waals surface area contributed by atoms with Gasteiger partial charge >= 0.3 is 6.09 Å². The van der Waals surface area contributed by atoms with Crippen LogP contribution in [-0.2, 0) is 9.47 Å². The molecule has 5 heteroatoms. The van der Waals surface area contributed by atoms with Gasteiger partial charge in [-0.1, -0.05) is 0 Å². The second-order valence-corrected chi connectivity index (χ2v) is 3.44. The molecule has 0 rings (SSSR count). The molecule has 0 spiro atoms. The Morgan fingerprint density at radius 2 is 1.79 bits per heavy atom. The summed E-state index contributed by atoms with van der Waals surface area (Å²) in [5.74, 6) is 0. The zero-order valence-corrected chi connectivity index (χ0v) is 9.61. The summed E-state index contributed by atoms with van der Waals surface area (Å²) >= 11 is 0. The maximum Gasteiger partial charge on any atom is 0.409 e. The fraction of sp³-hybridized carbons (Fsp3) is 0.889. The highest BCUT2D eigenvalue weighted by Gasteiger charge is 2.06. The van der Waals surface area contributed by atoms with Crippen molar-refractivity contribution in [3.8, 4) is 0 Å². The molecule has 0 saturated carbocycles. The molecule has 0 saturated heterocycles. The number of ether oxygens (including phenoxy) is 2. The van der Waals surface area contributed by atoms with Gasteiger partial charge < -0.3 is 14.4 Å². The second-order valence-electron chi connectivity index (χ2n) is 3.44. The Hall–Kier alpha value is -0.810. The van der Waals surface area contributed by atoms with Crippen LogP contribution in [0.1, 0.15) is 6.92 Å². The van der Waals surface area contributed by atoms with Crippen molar-refractivity contribution in [2.24, 2.45) is 0 Å². The summed E-state index contributed by atoms with van der Waals surface area (Å²) in [5.41, 5.74) is 0. The molecule has 0 aliphatic rings. The van der Waals surface area contributed by atoms with Crippen molar-refractivity contribution in [1.29, 1.82) is 0 Å². The average Bonchev–Trinajstić information content (AvgIpc) is 2.11. The van der Waals surface area contributed by atoms with E-state index in [0.717, 1.165) is 0 Å². The van der Waals surface area contributed by atoms with Gasteiger partial charge in [0.15, 0.2) is 0 Å². The number of rotatable bonds is 5. The van der Waals surface area contributed by atoms with Crippen LogP contribution in [0, 0.1) is 0 Å². The van der Waals surface area contributed by atoms with Gasteiger partial charge in [-0.2, -0.15) is 0 Å². The Morgan fingerprint density at radius 3 is 2.21 bits per heavy atom. The monoisotopic (exact) mass is 204 g/mol. The second kappa shape index (κ2) is 6.62. The first-order valence-corrected chi connectivity index (χ1v) is 4.57. The van der Waals surface area contributed by atoms with Crippen molar-refractivity contribution in [3.63, 3.8) is 0 Å². The number of carbonyl (C=O) groups excluding carboxylic acids is 1. The normalized spacial score (nSPS) is 12.7. The first-order chi connectivity index (χ1) is 6.45. The fourth-order valence-corrected chi connectivity index (χ4v) is 0.626. The van der Waals surface area contributed by atoms with Gasteiger partial charge in [0, 0.05) is 14.1 Å². The molecule has 14 heavy (non-hydrogen) atoms. The summed E-state index contributed by atoms with van der Waals surface area (Å²) < 4.78 is 10.2. The van der Waals surface area contributed by atoms with E-state index < -0.39 is 0 Å².